The second-order valence-corrected chi connectivity index (χ2v) is 12.7. The second-order valence-electron chi connectivity index (χ2n) is 7.65. The predicted octanol–water partition coefficient (Wildman–Crippen LogP) is 1.91. The van der Waals surface area contributed by atoms with E-state index in [9.17, 15) is 4.79 Å². The van der Waals surface area contributed by atoms with Gasteiger partial charge in [-0.2, -0.15) is 0 Å². The van der Waals surface area contributed by atoms with E-state index in [1.54, 1.807) is 0 Å². The molecular formula is C14H23NO6SSi. The number of nitrogens with one attached hydrogen (secondary N) is 1. The molecule has 0 bridgehead atoms. The highest BCUT2D eigenvalue weighted by atomic mass is 32.1. The standard InChI is InChI=1S/C14H23NO6SSi/c1-13(2,3)23(4,5)21-10-9-8(18-12(22)19-9)6-17-14(10)7-15-11(16)20-14/h8-10H,6-7H2,1-5H3,(H,15,16)/t8-,9-,10+,14+/m1/s1. The van der Waals surface area contributed by atoms with E-state index in [-0.39, 0.29) is 29.5 Å². The highest BCUT2D eigenvalue weighted by Crippen LogP contribution is 2.43. The van der Waals surface area contributed by atoms with Crippen LogP contribution in [0.15, 0.2) is 0 Å². The summed E-state index contributed by atoms with van der Waals surface area (Å²) < 4.78 is 29.0. The van der Waals surface area contributed by atoms with Crippen LogP contribution in [0.25, 0.3) is 0 Å². The molecule has 23 heavy (non-hydrogen) atoms. The molecule has 0 unspecified atom stereocenters. The molecule has 1 spiro atoms. The summed E-state index contributed by atoms with van der Waals surface area (Å²) in [6.45, 7) is 11.1. The van der Waals surface area contributed by atoms with Crippen LogP contribution >= 0.6 is 12.2 Å². The molecule has 0 aromatic carbocycles. The fraction of sp³-hybridized carbons (Fsp3) is 0.857. The molecule has 3 aliphatic rings. The Balaban J connectivity index is 1.92. The van der Waals surface area contributed by atoms with Crippen molar-refractivity contribution >= 4 is 31.9 Å². The summed E-state index contributed by atoms with van der Waals surface area (Å²) in [4.78, 5) is 11.6. The highest BCUT2D eigenvalue weighted by molar-refractivity contribution is 7.79. The van der Waals surface area contributed by atoms with Crippen molar-refractivity contribution in [3.05, 3.63) is 0 Å². The molecule has 3 heterocycles. The Morgan fingerprint density at radius 3 is 2.61 bits per heavy atom. The van der Waals surface area contributed by atoms with E-state index in [1.807, 2.05) is 0 Å². The van der Waals surface area contributed by atoms with Crippen LogP contribution in [0.3, 0.4) is 0 Å². The van der Waals surface area contributed by atoms with Gasteiger partial charge < -0.3 is 28.7 Å². The zero-order valence-electron chi connectivity index (χ0n) is 14.0. The van der Waals surface area contributed by atoms with Gasteiger partial charge in [0, 0.05) is 12.2 Å². The third-order valence-electron chi connectivity index (χ3n) is 5.04. The summed E-state index contributed by atoms with van der Waals surface area (Å²) in [7, 11) is -2.17. The summed E-state index contributed by atoms with van der Waals surface area (Å²) >= 11 is 5.02. The van der Waals surface area contributed by atoms with Gasteiger partial charge in [-0.15, -0.1) is 0 Å². The van der Waals surface area contributed by atoms with E-state index in [0.717, 1.165) is 0 Å². The lowest BCUT2D eigenvalue weighted by molar-refractivity contribution is -0.281. The van der Waals surface area contributed by atoms with Crippen LogP contribution in [0, 0.1) is 0 Å². The number of carbonyl (C=O) groups is 1. The molecule has 1 N–H and O–H groups in total. The number of rotatable bonds is 2. The number of alkyl carbamates (subject to hydrolysis) is 1. The topological polar surface area (TPSA) is 75.3 Å². The first-order valence-corrected chi connectivity index (χ1v) is 11.0. The number of hydrogen-bond acceptors (Lipinski definition) is 7. The summed E-state index contributed by atoms with van der Waals surface area (Å²) in [5.41, 5.74) is 0. The molecule has 7 nitrogen and oxygen atoms in total. The second kappa shape index (κ2) is 5.30. The monoisotopic (exact) mass is 361 g/mol. The lowest BCUT2D eigenvalue weighted by atomic mass is 9.97. The van der Waals surface area contributed by atoms with Crippen molar-refractivity contribution in [3.8, 4) is 0 Å². The molecule has 3 rings (SSSR count). The molecular weight excluding hydrogens is 338 g/mol. The van der Waals surface area contributed by atoms with E-state index in [1.165, 1.54) is 0 Å². The van der Waals surface area contributed by atoms with Crippen LogP contribution < -0.4 is 5.32 Å². The zero-order chi connectivity index (χ0) is 17.0. The fourth-order valence-corrected chi connectivity index (χ4v) is 4.20. The molecule has 3 saturated heterocycles. The maximum absolute atomic E-state index is 11.6. The number of amides is 1. The molecule has 4 atom stereocenters. The summed E-state index contributed by atoms with van der Waals surface area (Å²) in [5.74, 6) is -1.20. The van der Waals surface area contributed by atoms with Crippen LogP contribution in [0.5, 0.6) is 0 Å². The molecule has 3 aliphatic heterocycles. The first-order chi connectivity index (χ1) is 10.5. The Hall–Kier alpha value is -0.903. The van der Waals surface area contributed by atoms with Crippen molar-refractivity contribution in [1.29, 1.82) is 0 Å². The quantitative estimate of drug-likeness (QED) is 0.595. The lowest BCUT2D eigenvalue weighted by Crippen LogP contribution is -2.65. The van der Waals surface area contributed by atoms with Gasteiger partial charge in [-0.1, -0.05) is 20.8 Å². The number of hydrogen-bond donors (Lipinski definition) is 1. The van der Waals surface area contributed by atoms with E-state index in [2.05, 4.69) is 39.2 Å². The van der Waals surface area contributed by atoms with Crippen molar-refractivity contribution in [3.63, 3.8) is 0 Å². The molecule has 0 saturated carbocycles. The van der Waals surface area contributed by atoms with Gasteiger partial charge in [-0.25, -0.2) is 4.79 Å². The van der Waals surface area contributed by atoms with E-state index >= 15 is 0 Å². The Labute approximate surface area is 142 Å². The molecule has 1 amide bonds. The number of carbonyl (C=O) groups excluding carboxylic acids is 1. The molecule has 0 radical (unpaired) electrons. The maximum Gasteiger partial charge on any atom is 0.410 e. The van der Waals surface area contributed by atoms with Gasteiger partial charge >= 0.3 is 11.3 Å². The normalized spacial score (nSPS) is 37.0. The van der Waals surface area contributed by atoms with Crippen molar-refractivity contribution < 1.29 is 28.2 Å². The molecule has 0 aliphatic carbocycles. The average Bonchev–Trinajstić information content (AvgIpc) is 2.96. The first-order valence-electron chi connectivity index (χ1n) is 7.70. The van der Waals surface area contributed by atoms with Crippen LogP contribution in [-0.4, -0.2) is 56.9 Å². The Morgan fingerprint density at radius 2 is 2.04 bits per heavy atom. The van der Waals surface area contributed by atoms with Crippen molar-refractivity contribution in [1.82, 2.24) is 5.32 Å². The van der Waals surface area contributed by atoms with Crippen LogP contribution in [0.1, 0.15) is 20.8 Å². The third-order valence-corrected chi connectivity index (χ3v) is 9.69. The van der Waals surface area contributed by atoms with Gasteiger partial charge in [0.1, 0.15) is 0 Å². The summed E-state index contributed by atoms with van der Waals surface area (Å²) in [6, 6.07) is 0. The minimum Gasteiger partial charge on any atom is -0.447 e. The minimum atomic E-state index is -2.17. The number of thiocarbonyl (C=S) groups is 1. The van der Waals surface area contributed by atoms with E-state index in [4.69, 9.17) is 35.6 Å². The van der Waals surface area contributed by atoms with Gasteiger partial charge in [0.2, 0.25) is 0 Å². The van der Waals surface area contributed by atoms with Crippen LogP contribution in [-0.2, 0) is 23.4 Å². The highest BCUT2D eigenvalue weighted by Gasteiger charge is 2.63. The van der Waals surface area contributed by atoms with E-state index < -0.39 is 32.4 Å². The van der Waals surface area contributed by atoms with Crippen molar-refractivity contribution in [2.24, 2.45) is 0 Å². The lowest BCUT2D eigenvalue weighted by Gasteiger charge is -2.47. The smallest absolute Gasteiger partial charge is 0.410 e. The van der Waals surface area contributed by atoms with Gasteiger partial charge in [-0.3, -0.25) is 0 Å². The van der Waals surface area contributed by atoms with Crippen molar-refractivity contribution in [2.75, 3.05) is 13.2 Å². The fourth-order valence-electron chi connectivity index (χ4n) is 2.66. The zero-order valence-corrected chi connectivity index (χ0v) is 15.8. The molecule has 0 aromatic rings. The SMILES string of the molecule is CC(C)(C)[Si](C)(C)O[C@H]1[C@@H]2OC(=S)O[C@@H]2CO[C@]12CNC(=O)O2. The number of ether oxygens (including phenoxy) is 4. The van der Waals surface area contributed by atoms with Crippen LogP contribution in [0.4, 0.5) is 4.79 Å². The van der Waals surface area contributed by atoms with Crippen molar-refractivity contribution in [2.45, 2.75) is 63.0 Å². The van der Waals surface area contributed by atoms with Gasteiger partial charge in [-0.05, 0) is 18.1 Å². The first kappa shape index (κ1) is 16.9. The van der Waals surface area contributed by atoms with Crippen LogP contribution in [0.2, 0.25) is 18.1 Å². The summed E-state index contributed by atoms with van der Waals surface area (Å²) in [6.07, 6.45) is -1.91. The van der Waals surface area contributed by atoms with Gasteiger partial charge in [0.25, 0.3) is 5.79 Å². The van der Waals surface area contributed by atoms with E-state index in [0.29, 0.717) is 0 Å². The molecule has 130 valence electrons. The molecule has 3 fully saturated rings. The third kappa shape index (κ3) is 2.83. The predicted molar refractivity (Wildman–Crippen MR) is 87.6 cm³/mol. The Kier molecular flexibility index (Phi) is 3.90. The summed E-state index contributed by atoms with van der Waals surface area (Å²) in [5, 5.41) is 2.71. The number of fused-ring (bicyclic) bond motifs is 1. The average molecular weight is 361 g/mol. The Bertz CT molecular complexity index is 534. The van der Waals surface area contributed by atoms with Gasteiger partial charge in [0.05, 0.1) is 13.2 Å². The minimum absolute atomic E-state index is 0.0167. The largest absolute Gasteiger partial charge is 0.447 e. The molecule has 0 aromatic heterocycles. The molecule has 9 heteroatoms. The Morgan fingerprint density at radius 1 is 1.35 bits per heavy atom. The van der Waals surface area contributed by atoms with Gasteiger partial charge in [0.15, 0.2) is 26.6 Å². The maximum atomic E-state index is 11.6.